The van der Waals surface area contributed by atoms with Crippen LogP contribution in [0, 0.1) is 6.92 Å². The number of nitrogen functional groups attached to an aromatic ring is 1. The van der Waals surface area contributed by atoms with Crippen LogP contribution in [0.2, 0.25) is 5.15 Å². The van der Waals surface area contributed by atoms with Crippen molar-refractivity contribution in [2.45, 2.75) is 6.92 Å². The van der Waals surface area contributed by atoms with Crippen molar-refractivity contribution >= 4 is 28.6 Å². The fourth-order valence-electron chi connectivity index (χ4n) is 1.92. The van der Waals surface area contributed by atoms with E-state index in [1.807, 2.05) is 31.2 Å². The molecule has 6 nitrogen and oxygen atoms in total. The molecule has 0 atom stereocenters. The minimum absolute atomic E-state index is 0.167. The molecule has 0 saturated carbocycles. The van der Waals surface area contributed by atoms with Gasteiger partial charge in [0.2, 0.25) is 0 Å². The largest absolute Gasteiger partial charge is 0.382 e. The van der Waals surface area contributed by atoms with Gasteiger partial charge in [0.25, 0.3) is 5.56 Å². The van der Waals surface area contributed by atoms with E-state index in [0.29, 0.717) is 16.9 Å². The number of aromatic nitrogens is 4. The van der Waals surface area contributed by atoms with Gasteiger partial charge in [-0.05, 0) is 19.1 Å². The van der Waals surface area contributed by atoms with E-state index in [1.54, 1.807) is 0 Å². The third kappa shape index (κ3) is 1.90. The van der Waals surface area contributed by atoms with E-state index in [1.165, 1.54) is 10.9 Å². The zero-order valence-corrected chi connectivity index (χ0v) is 11.3. The summed E-state index contributed by atoms with van der Waals surface area (Å²) in [5.74, 6) is 0.178. The van der Waals surface area contributed by atoms with Crippen molar-refractivity contribution in [3.8, 4) is 5.69 Å². The van der Waals surface area contributed by atoms with Crippen molar-refractivity contribution in [1.82, 2.24) is 19.5 Å². The molecule has 0 bridgehead atoms. The molecule has 3 aromatic rings. The fraction of sp³-hybridized carbons (Fsp3) is 0.0769. The first kappa shape index (κ1) is 12.6. The number of nitrogens with zero attached hydrogens (tertiary/aromatic N) is 4. The van der Waals surface area contributed by atoms with E-state index in [0.717, 1.165) is 5.56 Å². The highest BCUT2D eigenvalue weighted by atomic mass is 35.5. The third-order valence-electron chi connectivity index (χ3n) is 2.92. The molecule has 0 unspecified atom stereocenters. The Morgan fingerprint density at radius 2 is 1.90 bits per heavy atom. The molecule has 100 valence electrons. The van der Waals surface area contributed by atoms with Gasteiger partial charge >= 0.3 is 0 Å². The zero-order valence-electron chi connectivity index (χ0n) is 10.5. The molecule has 3 rings (SSSR count). The lowest BCUT2D eigenvalue weighted by Gasteiger charge is -2.10. The standard InChI is InChI=1S/C13H10ClN5O/c1-7-2-4-8(5-3-7)19-12-9(11(15)16-6-17-12)18-10(14)13(19)20/h2-6H,1H3,(H2,15,16,17). The van der Waals surface area contributed by atoms with E-state index in [-0.39, 0.29) is 11.0 Å². The first-order valence-corrected chi connectivity index (χ1v) is 6.21. The van der Waals surface area contributed by atoms with Crippen molar-refractivity contribution in [2.24, 2.45) is 0 Å². The number of rotatable bonds is 1. The number of benzene rings is 1. The predicted molar refractivity (Wildman–Crippen MR) is 77.1 cm³/mol. The molecular weight excluding hydrogens is 278 g/mol. The molecule has 2 heterocycles. The molecule has 0 radical (unpaired) electrons. The molecule has 0 aliphatic heterocycles. The first-order chi connectivity index (χ1) is 9.58. The summed E-state index contributed by atoms with van der Waals surface area (Å²) >= 11 is 5.89. The normalized spacial score (nSPS) is 10.9. The topological polar surface area (TPSA) is 86.7 Å². The number of hydrogen-bond donors (Lipinski definition) is 1. The minimum Gasteiger partial charge on any atom is -0.382 e. The Balaban J connectivity index is 2.45. The zero-order chi connectivity index (χ0) is 14.3. The number of anilines is 1. The summed E-state index contributed by atoms with van der Waals surface area (Å²) in [4.78, 5) is 24.2. The summed E-state index contributed by atoms with van der Waals surface area (Å²) in [7, 11) is 0. The summed E-state index contributed by atoms with van der Waals surface area (Å²) in [5.41, 5.74) is 7.68. The predicted octanol–water partition coefficient (Wildman–Crippen LogP) is 1.72. The van der Waals surface area contributed by atoms with Crippen molar-refractivity contribution in [3.63, 3.8) is 0 Å². The monoisotopic (exact) mass is 287 g/mol. The van der Waals surface area contributed by atoms with Gasteiger partial charge in [-0.2, -0.15) is 0 Å². The van der Waals surface area contributed by atoms with E-state index in [2.05, 4.69) is 15.0 Å². The SMILES string of the molecule is Cc1ccc(-n2c(=O)c(Cl)nc3c(N)ncnc32)cc1. The van der Waals surface area contributed by atoms with Crippen LogP contribution in [0.3, 0.4) is 0 Å². The van der Waals surface area contributed by atoms with Gasteiger partial charge in [-0.1, -0.05) is 29.3 Å². The second-order valence-electron chi connectivity index (χ2n) is 4.31. The van der Waals surface area contributed by atoms with Gasteiger partial charge in [-0.15, -0.1) is 0 Å². The molecule has 7 heteroatoms. The van der Waals surface area contributed by atoms with E-state index < -0.39 is 5.56 Å². The lowest BCUT2D eigenvalue weighted by atomic mass is 10.2. The summed E-state index contributed by atoms with van der Waals surface area (Å²) in [5, 5.41) is -0.167. The van der Waals surface area contributed by atoms with Crippen LogP contribution in [-0.4, -0.2) is 19.5 Å². The maximum atomic E-state index is 12.2. The van der Waals surface area contributed by atoms with E-state index >= 15 is 0 Å². The Hall–Kier alpha value is -2.47. The number of aryl methyl sites for hydroxylation is 1. The molecule has 1 aromatic carbocycles. The Morgan fingerprint density at radius 1 is 1.20 bits per heavy atom. The van der Waals surface area contributed by atoms with E-state index in [4.69, 9.17) is 17.3 Å². The average molecular weight is 288 g/mol. The smallest absolute Gasteiger partial charge is 0.294 e. The van der Waals surface area contributed by atoms with Crippen LogP contribution in [0.4, 0.5) is 5.82 Å². The third-order valence-corrected chi connectivity index (χ3v) is 3.17. The molecule has 0 spiro atoms. The van der Waals surface area contributed by atoms with Gasteiger partial charge in [-0.3, -0.25) is 9.36 Å². The molecule has 0 aliphatic carbocycles. The highest BCUT2D eigenvalue weighted by Gasteiger charge is 2.14. The summed E-state index contributed by atoms with van der Waals surface area (Å²) in [6.07, 6.45) is 1.29. The Morgan fingerprint density at radius 3 is 2.60 bits per heavy atom. The molecule has 20 heavy (non-hydrogen) atoms. The number of halogens is 1. The molecule has 0 saturated heterocycles. The van der Waals surface area contributed by atoms with Crippen LogP contribution in [0.15, 0.2) is 35.4 Å². The summed E-state index contributed by atoms with van der Waals surface area (Å²) in [6.45, 7) is 1.96. The van der Waals surface area contributed by atoms with Crippen LogP contribution < -0.4 is 11.3 Å². The maximum absolute atomic E-state index is 12.2. The van der Waals surface area contributed by atoms with Crippen molar-refractivity contribution in [1.29, 1.82) is 0 Å². The number of nitrogens with two attached hydrogens (primary N) is 1. The molecule has 0 amide bonds. The van der Waals surface area contributed by atoms with Crippen LogP contribution in [-0.2, 0) is 0 Å². The molecule has 0 fully saturated rings. The maximum Gasteiger partial charge on any atom is 0.294 e. The van der Waals surface area contributed by atoms with Gasteiger partial charge in [0.15, 0.2) is 22.1 Å². The van der Waals surface area contributed by atoms with Gasteiger partial charge < -0.3 is 5.73 Å². The Kier molecular flexibility index (Phi) is 2.87. The van der Waals surface area contributed by atoms with E-state index in [9.17, 15) is 4.79 Å². The lowest BCUT2D eigenvalue weighted by Crippen LogP contribution is -2.22. The number of hydrogen-bond acceptors (Lipinski definition) is 5. The van der Waals surface area contributed by atoms with Crippen molar-refractivity contribution in [2.75, 3.05) is 5.73 Å². The first-order valence-electron chi connectivity index (χ1n) is 5.83. The highest BCUT2D eigenvalue weighted by molar-refractivity contribution is 6.29. The second-order valence-corrected chi connectivity index (χ2v) is 4.67. The summed E-state index contributed by atoms with van der Waals surface area (Å²) < 4.78 is 1.38. The average Bonchev–Trinajstić information content (AvgIpc) is 2.43. The highest BCUT2D eigenvalue weighted by Crippen LogP contribution is 2.18. The molecule has 0 aliphatic rings. The molecule has 2 N–H and O–H groups in total. The van der Waals surface area contributed by atoms with Crippen molar-refractivity contribution < 1.29 is 0 Å². The number of fused-ring (bicyclic) bond motifs is 1. The van der Waals surface area contributed by atoms with Gasteiger partial charge in [0, 0.05) is 0 Å². The quantitative estimate of drug-likeness (QED) is 0.736. The lowest BCUT2D eigenvalue weighted by molar-refractivity contribution is 0.979. The van der Waals surface area contributed by atoms with Gasteiger partial charge in [-0.25, -0.2) is 15.0 Å². The minimum atomic E-state index is -0.443. The van der Waals surface area contributed by atoms with Crippen molar-refractivity contribution in [3.05, 3.63) is 51.7 Å². The molecule has 2 aromatic heterocycles. The van der Waals surface area contributed by atoms with Crippen LogP contribution >= 0.6 is 11.6 Å². The van der Waals surface area contributed by atoms with Gasteiger partial charge in [0.05, 0.1) is 5.69 Å². The van der Waals surface area contributed by atoms with Gasteiger partial charge in [0.1, 0.15) is 6.33 Å². The Labute approximate surface area is 118 Å². The van der Waals surface area contributed by atoms with Crippen LogP contribution in [0.5, 0.6) is 0 Å². The van der Waals surface area contributed by atoms with Crippen LogP contribution in [0.25, 0.3) is 16.9 Å². The van der Waals surface area contributed by atoms with Crippen LogP contribution in [0.1, 0.15) is 5.56 Å². The second kappa shape index (κ2) is 4.57. The molecular formula is C13H10ClN5O. The Bertz CT molecular complexity index is 857. The summed E-state index contributed by atoms with van der Waals surface area (Å²) in [6, 6.07) is 7.41. The fourth-order valence-corrected chi connectivity index (χ4v) is 2.09.